The quantitative estimate of drug-likeness (QED) is 0.734. The van der Waals surface area contributed by atoms with Crippen molar-refractivity contribution >= 4 is 17.1 Å². The lowest BCUT2D eigenvalue weighted by Crippen LogP contribution is -2.02. The van der Waals surface area contributed by atoms with Crippen LogP contribution in [0.25, 0.3) is 17.0 Å². The van der Waals surface area contributed by atoms with Gasteiger partial charge in [-0.1, -0.05) is 0 Å². The van der Waals surface area contributed by atoms with Crippen LogP contribution in [0, 0.1) is 0 Å². The van der Waals surface area contributed by atoms with E-state index in [0.717, 1.165) is 5.52 Å². The Balaban J connectivity index is 2.20. The predicted molar refractivity (Wildman–Crippen MR) is 63.6 cm³/mol. The van der Waals surface area contributed by atoms with E-state index in [2.05, 4.69) is 15.0 Å². The topological polar surface area (TPSA) is 80.9 Å². The number of carboxylic acids is 1. The van der Waals surface area contributed by atoms with Crippen molar-refractivity contribution in [2.75, 3.05) is 0 Å². The fourth-order valence-corrected chi connectivity index (χ4v) is 1.70. The van der Waals surface area contributed by atoms with Crippen LogP contribution in [0.3, 0.4) is 0 Å². The molecule has 3 rings (SSSR count). The predicted octanol–water partition coefficient (Wildman–Crippen LogP) is 1.51. The van der Waals surface area contributed by atoms with Crippen molar-refractivity contribution in [2.24, 2.45) is 0 Å². The van der Waals surface area contributed by atoms with Crippen molar-refractivity contribution < 1.29 is 9.90 Å². The molecular formula is C12H8N4O2. The molecule has 0 aliphatic rings. The average Bonchev–Trinajstić information content (AvgIpc) is 2.82. The first-order chi connectivity index (χ1) is 8.75. The molecule has 0 bridgehead atoms. The first kappa shape index (κ1) is 10.4. The van der Waals surface area contributed by atoms with Gasteiger partial charge in [-0.15, -0.1) is 0 Å². The Labute approximate surface area is 102 Å². The third kappa shape index (κ3) is 1.60. The van der Waals surface area contributed by atoms with Crippen molar-refractivity contribution in [3.63, 3.8) is 0 Å². The molecule has 0 fully saturated rings. The van der Waals surface area contributed by atoms with Crippen LogP contribution >= 0.6 is 0 Å². The zero-order valence-electron chi connectivity index (χ0n) is 9.19. The minimum absolute atomic E-state index is 0.179. The van der Waals surface area contributed by atoms with Crippen LogP contribution in [0.5, 0.6) is 0 Å². The molecule has 0 spiro atoms. The van der Waals surface area contributed by atoms with E-state index in [-0.39, 0.29) is 5.56 Å². The van der Waals surface area contributed by atoms with Crippen LogP contribution < -0.4 is 0 Å². The summed E-state index contributed by atoms with van der Waals surface area (Å²) >= 11 is 0. The standard InChI is InChI=1S/C12H8N4O2/c17-12(18)8-3-5-13-10(6-8)16-7-15-9-2-1-4-14-11(9)16/h1-7H,(H,17,18). The van der Waals surface area contributed by atoms with Gasteiger partial charge < -0.3 is 5.11 Å². The lowest BCUT2D eigenvalue weighted by Gasteiger charge is -2.03. The molecule has 0 aliphatic heterocycles. The highest BCUT2D eigenvalue weighted by Crippen LogP contribution is 2.14. The number of aromatic nitrogens is 4. The lowest BCUT2D eigenvalue weighted by atomic mass is 10.2. The zero-order valence-corrected chi connectivity index (χ0v) is 9.19. The molecule has 3 aromatic heterocycles. The van der Waals surface area contributed by atoms with Crippen molar-refractivity contribution in [3.05, 3.63) is 48.5 Å². The number of fused-ring (bicyclic) bond motifs is 1. The number of hydrogen-bond donors (Lipinski definition) is 1. The second kappa shape index (κ2) is 3.92. The summed E-state index contributed by atoms with van der Waals surface area (Å²) in [6, 6.07) is 6.55. The van der Waals surface area contributed by atoms with Gasteiger partial charge in [-0.25, -0.2) is 19.7 Å². The number of carbonyl (C=O) groups is 1. The van der Waals surface area contributed by atoms with Crippen LogP contribution in [-0.2, 0) is 0 Å². The van der Waals surface area contributed by atoms with Crippen molar-refractivity contribution in [1.29, 1.82) is 0 Å². The van der Waals surface area contributed by atoms with Crippen molar-refractivity contribution in [1.82, 2.24) is 19.5 Å². The normalized spacial score (nSPS) is 10.7. The first-order valence-electron chi connectivity index (χ1n) is 5.23. The maximum absolute atomic E-state index is 10.9. The molecule has 18 heavy (non-hydrogen) atoms. The van der Waals surface area contributed by atoms with Crippen LogP contribution in [0.15, 0.2) is 43.0 Å². The Hall–Kier alpha value is -2.76. The number of nitrogens with zero attached hydrogens (tertiary/aromatic N) is 4. The molecule has 0 radical (unpaired) electrons. The van der Waals surface area contributed by atoms with Crippen molar-refractivity contribution in [3.8, 4) is 5.82 Å². The summed E-state index contributed by atoms with van der Waals surface area (Å²) < 4.78 is 1.65. The minimum atomic E-state index is -0.990. The Morgan fingerprint density at radius 1 is 1.17 bits per heavy atom. The van der Waals surface area contributed by atoms with Gasteiger partial charge in [0, 0.05) is 12.4 Å². The molecule has 3 aromatic rings. The van der Waals surface area contributed by atoms with Gasteiger partial charge >= 0.3 is 5.97 Å². The van der Waals surface area contributed by atoms with Crippen molar-refractivity contribution in [2.45, 2.75) is 0 Å². The molecule has 3 heterocycles. The van der Waals surface area contributed by atoms with Crippen LogP contribution in [-0.4, -0.2) is 30.6 Å². The van der Waals surface area contributed by atoms with E-state index >= 15 is 0 Å². The second-order valence-corrected chi connectivity index (χ2v) is 3.67. The Kier molecular flexibility index (Phi) is 2.26. The molecule has 0 saturated heterocycles. The van der Waals surface area contributed by atoms with Crippen LogP contribution in [0.4, 0.5) is 0 Å². The van der Waals surface area contributed by atoms with E-state index in [1.54, 1.807) is 23.2 Å². The minimum Gasteiger partial charge on any atom is -0.478 e. The number of pyridine rings is 2. The van der Waals surface area contributed by atoms with E-state index in [9.17, 15) is 4.79 Å². The van der Waals surface area contributed by atoms with Gasteiger partial charge in [-0.3, -0.25) is 4.57 Å². The summed E-state index contributed by atoms with van der Waals surface area (Å²) in [7, 11) is 0. The third-order valence-corrected chi connectivity index (χ3v) is 2.55. The van der Waals surface area contributed by atoms with E-state index < -0.39 is 5.97 Å². The highest BCUT2D eigenvalue weighted by molar-refractivity contribution is 5.88. The summed E-state index contributed by atoms with van der Waals surface area (Å²) in [6.45, 7) is 0. The SMILES string of the molecule is O=C(O)c1ccnc(-n2cnc3cccnc32)c1. The van der Waals surface area contributed by atoms with Crippen LogP contribution in [0.1, 0.15) is 10.4 Å². The second-order valence-electron chi connectivity index (χ2n) is 3.67. The number of aromatic carboxylic acids is 1. The number of carboxylic acid groups (broad SMARTS) is 1. The summed E-state index contributed by atoms with van der Waals surface area (Å²) in [4.78, 5) is 23.4. The van der Waals surface area contributed by atoms with E-state index in [1.165, 1.54) is 18.3 Å². The fraction of sp³-hybridized carbons (Fsp3) is 0. The molecule has 0 aliphatic carbocycles. The zero-order chi connectivity index (χ0) is 12.5. The molecule has 0 aromatic carbocycles. The van der Waals surface area contributed by atoms with E-state index in [4.69, 9.17) is 5.11 Å². The van der Waals surface area contributed by atoms with Gasteiger partial charge in [-0.05, 0) is 24.3 Å². The highest BCUT2D eigenvalue weighted by Gasteiger charge is 2.09. The van der Waals surface area contributed by atoms with Gasteiger partial charge in [0.15, 0.2) is 5.65 Å². The Bertz CT molecular complexity index is 736. The molecule has 0 unspecified atom stereocenters. The maximum Gasteiger partial charge on any atom is 0.335 e. The van der Waals surface area contributed by atoms with Gasteiger partial charge in [0.2, 0.25) is 0 Å². The molecule has 6 heteroatoms. The molecule has 0 atom stereocenters. The summed E-state index contributed by atoms with van der Waals surface area (Å²) in [6.07, 6.45) is 4.68. The average molecular weight is 240 g/mol. The van der Waals surface area contributed by atoms with Gasteiger partial charge in [0.25, 0.3) is 0 Å². The number of imidazole rings is 1. The maximum atomic E-state index is 10.9. The monoisotopic (exact) mass is 240 g/mol. The van der Waals surface area contributed by atoms with E-state index in [1.807, 2.05) is 6.07 Å². The molecular weight excluding hydrogens is 232 g/mol. The van der Waals surface area contributed by atoms with Crippen LogP contribution in [0.2, 0.25) is 0 Å². The first-order valence-corrected chi connectivity index (χ1v) is 5.23. The van der Waals surface area contributed by atoms with Gasteiger partial charge in [-0.2, -0.15) is 0 Å². The Morgan fingerprint density at radius 2 is 2.06 bits per heavy atom. The largest absolute Gasteiger partial charge is 0.478 e. The van der Waals surface area contributed by atoms with Gasteiger partial charge in [0.1, 0.15) is 17.7 Å². The molecule has 0 saturated carbocycles. The summed E-state index contributed by atoms with van der Waals surface area (Å²) in [5, 5.41) is 8.95. The summed E-state index contributed by atoms with van der Waals surface area (Å²) in [5.74, 6) is -0.507. The molecule has 0 amide bonds. The number of hydrogen-bond acceptors (Lipinski definition) is 4. The molecule has 6 nitrogen and oxygen atoms in total. The third-order valence-electron chi connectivity index (χ3n) is 2.55. The highest BCUT2D eigenvalue weighted by atomic mass is 16.4. The lowest BCUT2D eigenvalue weighted by molar-refractivity contribution is 0.0696. The van der Waals surface area contributed by atoms with Gasteiger partial charge in [0.05, 0.1) is 5.56 Å². The fourth-order valence-electron chi connectivity index (χ4n) is 1.70. The molecule has 1 N–H and O–H groups in total. The summed E-state index contributed by atoms with van der Waals surface area (Å²) in [5.41, 5.74) is 1.56. The van der Waals surface area contributed by atoms with E-state index in [0.29, 0.717) is 11.5 Å². The smallest absolute Gasteiger partial charge is 0.335 e. The number of rotatable bonds is 2. The molecule has 88 valence electrons. The Morgan fingerprint density at radius 3 is 2.89 bits per heavy atom.